The topological polar surface area (TPSA) is 54.7 Å². The van der Waals surface area contributed by atoms with Crippen LogP contribution in [0, 0.1) is 0 Å². The van der Waals surface area contributed by atoms with Gasteiger partial charge >= 0.3 is 0 Å². The van der Waals surface area contributed by atoms with E-state index in [1.165, 1.54) is 0 Å². The lowest BCUT2D eigenvalue weighted by molar-refractivity contribution is 0.00976. The Balaban J connectivity index is 1.74. The summed E-state index contributed by atoms with van der Waals surface area (Å²) in [7, 11) is 1.77. The van der Waals surface area contributed by atoms with Gasteiger partial charge in [0.15, 0.2) is 5.76 Å². The summed E-state index contributed by atoms with van der Waals surface area (Å²) >= 11 is 3.43. The van der Waals surface area contributed by atoms with Crippen molar-refractivity contribution in [2.75, 3.05) is 33.3 Å². The Morgan fingerprint density at radius 2 is 2.38 bits per heavy atom. The first-order chi connectivity index (χ1) is 10.1. The molecule has 3 rings (SSSR count). The number of rotatable bonds is 3. The fourth-order valence-electron chi connectivity index (χ4n) is 2.45. The fourth-order valence-corrected chi connectivity index (χ4v) is 2.91. The lowest BCUT2D eigenvalue weighted by atomic mass is 10.2. The molecular weight excluding hydrogens is 336 g/mol. The molecule has 1 aliphatic heterocycles. The number of morpholine rings is 1. The van der Waals surface area contributed by atoms with Crippen molar-refractivity contribution in [3.63, 3.8) is 0 Å². The van der Waals surface area contributed by atoms with Crippen molar-refractivity contribution in [3.8, 4) is 0 Å². The van der Waals surface area contributed by atoms with Crippen LogP contribution in [0.5, 0.6) is 0 Å². The third-order valence-corrected chi connectivity index (χ3v) is 4.16. The third-order valence-electron chi connectivity index (χ3n) is 3.54. The first-order valence-electron chi connectivity index (χ1n) is 6.91. The summed E-state index contributed by atoms with van der Waals surface area (Å²) in [6.45, 7) is 2.86. The molecule has 2 aromatic rings. The van der Waals surface area contributed by atoms with E-state index in [0.717, 1.165) is 22.9 Å². The molecule has 21 heavy (non-hydrogen) atoms. The van der Waals surface area contributed by atoms with Gasteiger partial charge in [0.25, 0.3) is 5.91 Å². The van der Waals surface area contributed by atoms with Gasteiger partial charge in [-0.05, 0) is 28.1 Å². The minimum absolute atomic E-state index is 0.0313. The Kier molecular flexibility index (Phi) is 4.28. The van der Waals surface area contributed by atoms with E-state index in [9.17, 15) is 4.79 Å². The standard InChI is InChI=1S/C15H17BrN2O3/c1-18(9-11-8-17-5-6-20-11)15(19)13-7-10-3-2-4-12(16)14(10)21-13/h2-4,7,11,17H,5-6,8-9H2,1H3. The zero-order chi connectivity index (χ0) is 14.8. The van der Waals surface area contributed by atoms with Crippen LogP contribution in [-0.2, 0) is 4.74 Å². The Hall–Kier alpha value is -1.37. The molecule has 5 nitrogen and oxygen atoms in total. The number of nitrogens with zero attached hydrogens (tertiary/aromatic N) is 1. The minimum atomic E-state index is -0.132. The predicted octanol–water partition coefficient (Wildman–Crippen LogP) is 2.26. The summed E-state index contributed by atoms with van der Waals surface area (Å²) in [5.74, 6) is 0.218. The highest BCUT2D eigenvalue weighted by atomic mass is 79.9. The van der Waals surface area contributed by atoms with E-state index in [2.05, 4.69) is 21.2 Å². The van der Waals surface area contributed by atoms with Gasteiger partial charge in [0.1, 0.15) is 5.58 Å². The van der Waals surface area contributed by atoms with E-state index in [1.54, 1.807) is 18.0 Å². The molecule has 6 heteroatoms. The number of benzene rings is 1. The number of amides is 1. The Morgan fingerprint density at radius 1 is 1.52 bits per heavy atom. The first-order valence-corrected chi connectivity index (χ1v) is 7.70. The molecule has 0 aliphatic carbocycles. The molecule has 1 atom stereocenters. The number of carbonyl (C=O) groups is 1. The van der Waals surface area contributed by atoms with Gasteiger partial charge in [-0.25, -0.2) is 0 Å². The van der Waals surface area contributed by atoms with Crippen molar-refractivity contribution >= 4 is 32.8 Å². The van der Waals surface area contributed by atoms with E-state index in [0.29, 0.717) is 24.5 Å². The summed E-state index contributed by atoms with van der Waals surface area (Å²) in [5.41, 5.74) is 0.699. The van der Waals surface area contributed by atoms with E-state index in [4.69, 9.17) is 9.15 Å². The van der Waals surface area contributed by atoms with Crippen molar-refractivity contribution in [2.45, 2.75) is 6.10 Å². The van der Waals surface area contributed by atoms with Crippen LogP contribution in [-0.4, -0.2) is 50.2 Å². The highest BCUT2D eigenvalue weighted by molar-refractivity contribution is 9.10. The minimum Gasteiger partial charge on any atom is -0.450 e. The van der Waals surface area contributed by atoms with Crippen LogP contribution in [0.15, 0.2) is 33.2 Å². The molecule has 0 radical (unpaired) electrons. The lowest BCUT2D eigenvalue weighted by Crippen LogP contribution is -2.45. The average molecular weight is 353 g/mol. The molecule has 1 aliphatic rings. The zero-order valence-electron chi connectivity index (χ0n) is 11.8. The monoisotopic (exact) mass is 352 g/mol. The van der Waals surface area contributed by atoms with Crippen LogP contribution in [0.4, 0.5) is 0 Å². The van der Waals surface area contributed by atoms with Gasteiger partial charge in [0.05, 0.1) is 17.2 Å². The summed E-state index contributed by atoms with van der Waals surface area (Å²) in [6, 6.07) is 7.51. The molecule has 1 aromatic carbocycles. The highest BCUT2D eigenvalue weighted by Gasteiger charge is 2.22. The number of ether oxygens (including phenoxy) is 1. The van der Waals surface area contributed by atoms with Gasteiger partial charge in [-0.2, -0.15) is 0 Å². The average Bonchev–Trinajstić information content (AvgIpc) is 2.93. The molecular formula is C15H17BrN2O3. The van der Waals surface area contributed by atoms with Gasteiger partial charge in [0, 0.05) is 32.1 Å². The van der Waals surface area contributed by atoms with Crippen LogP contribution in [0.2, 0.25) is 0 Å². The van der Waals surface area contributed by atoms with Crippen molar-refractivity contribution in [3.05, 3.63) is 34.5 Å². The van der Waals surface area contributed by atoms with Gasteiger partial charge in [-0.15, -0.1) is 0 Å². The van der Waals surface area contributed by atoms with E-state index < -0.39 is 0 Å². The SMILES string of the molecule is CN(CC1CNCCO1)C(=O)c1cc2cccc(Br)c2o1. The number of hydrogen-bond donors (Lipinski definition) is 1. The number of likely N-dealkylation sites (N-methyl/N-ethyl adjacent to an activating group) is 1. The van der Waals surface area contributed by atoms with Gasteiger partial charge in [0.2, 0.25) is 0 Å². The Bertz CT molecular complexity index is 649. The number of para-hydroxylation sites is 1. The second kappa shape index (κ2) is 6.17. The zero-order valence-corrected chi connectivity index (χ0v) is 13.4. The molecule has 1 N–H and O–H groups in total. The molecule has 0 saturated carbocycles. The Morgan fingerprint density at radius 3 is 3.10 bits per heavy atom. The summed E-state index contributed by atoms with van der Waals surface area (Å²) in [6.07, 6.45) is 0.0313. The number of nitrogens with one attached hydrogen (secondary N) is 1. The van der Waals surface area contributed by atoms with Crippen molar-refractivity contribution in [2.24, 2.45) is 0 Å². The van der Waals surface area contributed by atoms with E-state index in [-0.39, 0.29) is 12.0 Å². The Labute approximate surface area is 131 Å². The largest absolute Gasteiger partial charge is 0.450 e. The summed E-state index contributed by atoms with van der Waals surface area (Å²) in [4.78, 5) is 14.1. The molecule has 1 aromatic heterocycles. The third kappa shape index (κ3) is 3.12. The number of furan rings is 1. The molecule has 1 fully saturated rings. The smallest absolute Gasteiger partial charge is 0.289 e. The quantitative estimate of drug-likeness (QED) is 0.920. The number of fused-ring (bicyclic) bond motifs is 1. The van der Waals surface area contributed by atoms with Crippen LogP contribution in [0.25, 0.3) is 11.0 Å². The maximum atomic E-state index is 12.4. The van der Waals surface area contributed by atoms with Gasteiger partial charge in [-0.1, -0.05) is 12.1 Å². The lowest BCUT2D eigenvalue weighted by Gasteiger charge is -2.27. The second-order valence-electron chi connectivity index (χ2n) is 5.15. The molecule has 1 saturated heterocycles. The van der Waals surface area contributed by atoms with Gasteiger partial charge < -0.3 is 19.4 Å². The predicted molar refractivity (Wildman–Crippen MR) is 83.5 cm³/mol. The molecule has 0 bridgehead atoms. The van der Waals surface area contributed by atoms with Gasteiger partial charge in [-0.3, -0.25) is 4.79 Å². The molecule has 1 unspecified atom stereocenters. The highest BCUT2D eigenvalue weighted by Crippen LogP contribution is 2.27. The van der Waals surface area contributed by atoms with Crippen LogP contribution >= 0.6 is 15.9 Å². The number of hydrogen-bond acceptors (Lipinski definition) is 4. The molecule has 2 heterocycles. The van der Waals surface area contributed by atoms with Crippen molar-refractivity contribution in [1.29, 1.82) is 0 Å². The first kappa shape index (κ1) is 14.6. The molecule has 1 amide bonds. The maximum absolute atomic E-state index is 12.4. The van der Waals surface area contributed by atoms with Crippen LogP contribution in [0.3, 0.4) is 0 Å². The molecule has 0 spiro atoms. The number of halogens is 1. The molecule has 112 valence electrons. The summed E-state index contributed by atoms with van der Waals surface area (Å²) < 4.78 is 12.1. The van der Waals surface area contributed by atoms with E-state index >= 15 is 0 Å². The normalized spacial score (nSPS) is 18.9. The fraction of sp³-hybridized carbons (Fsp3) is 0.400. The van der Waals surface area contributed by atoms with Crippen molar-refractivity contribution < 1.29 is 13.9 Å². The number of carbonyl (C=O) groups excluding carboxylic acids is 1. The maximum Gasteiger partial charge on any atom is 0.289 e. The summed E-state index contributed by atoms with van der Waals surface area (Å²) in [5, 5.41) is 4.17. The van der Waals surface area contributed by atoms with Crippen LogP contribution in [0.1, 0.15) is 10.6 Å². The second-order valence-corrected chi connectivity index (χ2v) is 6.01. The van der Waals surface area contributed by atoms with E-state index in [1.807, 2.05) is 18.2 Å². The van der Waals surface area contributed by atoms with Crippen molar-refractivity contribution in [1.82, 2.24) is 10.2 Å². The van der Waals surface area contributed by atoms with Crippen LogP contribution < -0.4 is 5.32 Å².